The number of carbonyl (C=O) groups is 1. The first kappa shape index (κ1) is 20.6. The molecule has 0 unspecified atom stereocenters. The molecule has 0 bridgehead atoms. The minimum Gasteiger partial charge on any atom is -0.484 e. The minimum atomic E-state index is -3.42. The van der Waals surface area contributed by atoms with Gasteiger partial charge in [0.15, 0.2) is 6.61 Å². The molecule has 1 heterocycles. The van der Waals surface area contributed by atoms with Crippen LogP contribution < -0.4 is 9.46 Å². The van der Waals surface area contributed by atoms with Crippen LogP contribution in [0.15, 0.2) is 24.3 Å². The summed E-state index contributed by atoms with van der Waals surface area (Å²) in [6.45, 7) is 0.643. The van der Waals surface area contributed by atoms with E-state index in [1.54, 1.807) is 29.2 Å². The lowest BCUT2D eigenvalue weighted by Gasteiger charge is -2.33. The van der Waals surface area contributed by atoms with E-state index in [1.807, 2.05) is 0 Å². The Morgan fingerprint density at radius 2 is 1.89 bits per heavy atom. The number of nitrogens with one attached hydrogen (secondary N) is 1. The van der Waals surface area contributed by atoms with E-state index in [0.29, 0.717) is 31.6 Å². The number of likely N-dealkylation sites (tertiary alicyclic amines) is 1. The highest BCUT2D eigenvalue weighted by atomic mass is 32.2. The molecule has 2 aliphatic rings. The van der Waals surface area contributed by atoms with Crippen molar-refractivity contribution in [1.29, 1.82) is 5.26 Å². The minimum absolute atomic E-state index is 0.0448. The fourth-order valence-corrected chi connectivity index (χ4v) is 5.57. The molecule has 28 heavy (non-hydrogen) atoms. The molecule has 1 saturated carbocycles. The lowest BCUT2D eigenvalue weighted by molar-refractivity contribution is -0.134. The monoisotopic (exact) mass is 405 g/mol. The van der Waals surface area contributed by atoms with Gasteiger partial charge in [-0.2, -0.15) is 5.26 Å². The number of nitriles is 1. The van der Waals surface area contributed by atoms with Gasteiger partial charge in [-0.1, -0.05) is 25.0 Å². The maximum Gasteiger partial charge on any atom is 0.260 e. The Bertz CT molecular complexity index is 811. The van der Waals surface area contributed by atoms with E-state index in [0.717, 1.165) is 31.2 Å². The van der Waals surface area contributed by atoms with Crippen molar-refractivity contribution < 1.29 is 17.9 Å². The van der Waals surface area contributed by atoms with Crippen LogP contribution in [0, 0.1) is 11.3 Å². The Labute approximate surface area is 166 Å². The van der Waals surface area contributed by atoms with Crippen LogP contribution >= 0.6 is 0 Å². The maximum absolute atomic E-state index is 12.7. The van der Waals surface area contributed by atoms with Crippen LogP contribution in [0.3, 0.4) is 0 Å². The van der Waals surface area contributed by atoms with Crippen LogP contribution in [0.2, 0.25) is 0 Å². The molecule has 1 atom stereocenters. The maximum atomic E-state index is 12.7. The van der Waals surface area contributed by atoms with E-state index in [2.05, 4.69) is 10.8 Å². The van der Waals surface area contributed by atoms with Crippen LogP contribution in [0.5, 0.6) is 5.75 Å². The molecular formula is C20H27N3O4S. The number of carbonyl (C=O) groups excluding carboxylic acids is 1. The zero-order chi connectivity index (χ0) is 20.0. The summed E-state index contributed by atoms with van der Waals surface area (Å²) in [4.78, 5) is 14.1. The van der Waals surface area contributed by atoms with Gasteiger partial charge in [-0.3, -0.25) is 4.79 Å². The first-order chi connectivity index (χ1) is 13.5. The van der Waals surface area contributed by atoms with Gasteiger partial charge in [0.2, 0.25) is 10.0 Å². The molecule has 2 fully saturated rings. The third kappa shape index (κ3) is 5.46. The third-order valence-corrected chi connectivity index (χ3v) is 7.35. The Morgan fingerprint density at radius 1 is 1.18 bits per heavy atom. The molecule has 7 nitrogen and oxygen atoms in total. The number of hydrogen-bond acceptors (Lipinski definition) is 5. The number of sulfonamides is 1. The van der Waals surface area contributed by atoms with E-state index in [1.165, 1.54) is 0 Å². The van der Waals surface area contributed by atoms with E-state index in [-0.39, 0.29) is 25.1 Å². The Hall–Kier alpha value is -2.11. The van der Waals surface area contributed by atoms with Gasteiger partial charge in [0.25, 0.3) is 5.91 Å². The number of piperidine rings is 1. The molecule has 1 amide bonds. The largest absolute Gasteiger partial charge is 0.484 e. The van der Waals surface area contributed by atoms with Gasteiger partial charge in [0.1, 0.15) is 5.75 Å². The molecular weight excluding hydrogens is 378 g/mol. The van der Waals surface area contributed by atoms with Crippen molar-refractivity contribution in [1.82, 2.24) is 9.62 Å². The van der Waals surface area contributed by atoms with Crippen molar-refractivity contribution in [3.63, 3.8) is 0 Å². The van der Waals surface area contributed by atoms with Crippen molar-refractivity contribution in [2.45, 2.75) is 56.2 Å². The quantitative estimate of drug-likeness (QED) is 0.748. The number of hydrogen-bond donors (Lipinski definition) is 1. The first-order valence-corrected chi connectivity index (χ1v) is 11.4. The number of rotatable bonds is 7. The predicted octanol–water partition coefficient (Wildman–Crippen LogP) is 1.98. The zero-order valence-corrected chi connectivity index (χ0v) is 16.8. The molecule has 0 aromatic heterocycles. The SMILES string of the molecule is N#CCc1ccc(OCC(=O)N2CCC[C@H](S(=O)(=O)NC3CCCC3)C2)cc1. The Balaban J connectivity index is 1.51. The number of benzene rings is 1. The third-order valence-electron chi connectivity index (χ3n) is 5.42. The van der Waals surface area contributed by atoms with E-state index in [9.17, 15) is 13.2 Å². The standard InChI is InChI=1S/C20H27N3O4S/c21-12-11-16-7-9-18(10-8-16)27-15-20(24)23-13-3-6-19(14-23)28(25,26)22-17-4-1-2-5-17/h7-10,17,19,22H,1-6,11,13-15H2/t19-/m0/s1. The number of nitrogens with zero attached hydrogens (tertiary/aromatic N) is 2. The second kappa shape index (κ2) is 9.39. The molecule has 0 radical (unpaired) electrons. The molecule has 1 aromatic rings. The van der Waals surface area contributed by atoms with Crippen molar-refractivity contribution in [3.05, 3.63) is 29.8 Å². The van der Waals surface area contributed by atoms with Gasteiger partial charge in [0.05, 0.1) is 17.7 Å². The van der Waals surface area contributed by atoms with E-state index in [4.69, 9.17) is 10.00 Å². The van der Waals surface area contributed by atoms with Crippen LogP contribution in [-0.4, -0.2) is 50.2 Å². The van der Waals surface area contributed by atoms with E-state index >= 15 is 0 Å². The van der Waals surface area contributed by atoms with Crippen LogP contribution in [-0.2, 0) is 21.2 Å². The van der Waals surface area contributed by atoms with Crippen molar-refractivity contribution in [2.24, 2.45) is 0 Å². The fraction of sp³-hybridized carbons (Fsp3) is 0.600. The molecule has 1 saturated heterocycles. The van der Waals surface area contributed by atoms with Gasteiger partial charge < -0.3 is 9.64 Å². The summed E-state index contributed by atoms with van der Waals surface area (Å²) in [5.41, 5.74) is 0.889. The van der Waals surface area contributed by atoms with Gasteiger partial charge in [0, 0.05) is 19.1 Å². The predicted molar refractivity (Wildman–Crippen MR) is 105 cm³/mol. The molecule has 1 N–H and O–H groups in total. The fourth-order valence-electron chi connectivity index (χ4n) is 3.82. The highest BCUT2D eigenvalue weighted by Gasteiger charge is 2.34. The summed E-state index contributed by atoms with van der Waals surface area (Å²) in [5, 5.41) is 8.13. The lowest BCUT2D eigenvalue weighted by atomic mass is 10.1. The van der Waals surface area contributed by atoms with Gasteiger partial charge in [-0.25, -0.2) is 13.1 Å². The van der Waals surface area contributed by atoms with Gasteiger partial charge in [-0.15, -0.1) is 0 Å². The average molecular weight is 406 g/mol. The van der Waals surface area contributed by atoms with Crippen molar-refractivity contribution in [3.8, 4) is 11.8 Å². The zero-order valence-electron chi connectivity index (χ0n) is 16.0. The summed E-state index contributed by atoms with van der Waals surface area (Å²) in [5.74, 6) is 0.348. The molecule has 1 aromatic carbocycles. The van der Waals surface area contributed by atoms with Crippen molar-refractivity contribution >= 4 is 15.9 Å². The van der Waals surface area contributed by atoms with Crippen LogP contribution in [0.4, 0.5) is 0 Å². The number of amides is 1. The molecule has 1 aliphatic heterocycles. The summed E-state index contributed by atoms with van der Waals surface area (Å²) >= 11 is 0. The second-order valence-corrected chi connectivity index (χ2v) is 9.51. The molecule has 8 heteroatoms. The second-order valence-electron chi connectivity index (χ2n) is 7.52. The smallest absolute Gasteiger partial charge is 0.260 e. The summed E-state index contributed by atoms with van der Waals surface area (Å²) < 4.78 is 33.7. The molecule has 152 valence electrons. The summed E-state index contributed by atoms with van der Waals surface area (Å²) in [7, 11) is -3.42. The highest BCUT2D eigenvalue weighted by Crippen LogP contribution is 2.22. The molecule has 3 rings (SSSR count). The van der Waals surface area contributed by atoms with Crippen LogP contribution in [0.25, 0.3) is 0 Å². The van der Waals surface area contributed by atoms with Gasteiger partial charge in [-0.05, 0) is 43.4 Å². The highest BCUT2D eigenvalue weighted by molar-refractivity contribution is 7.90. The lowest BCUT2D eigenvalue weighted by Crippen LogP contribution is -2.50. The molecule has 0 spiro atoms. The number of ether oxygens (including phenoxy) is 1. The topological polar surface area (TPSA) is 99.5 Å². The Kier molecular flexibility index (Phi) is 6.92. The summed E-state index contributed by atoms with van der Waals surface area (Å²) in [6, 6.07) is 9.17. The average Bonchev–Trinajstić information content (AvgIpc) is 3.20. The van der Waals surface area contributed by atoms with Crippen LogP contribution in [0.1, 0.15) is 44.1 Å². The van der Waals surface area contributed by atoms with Crippen molar-refractivity contribution in [2.75, 3.05) is 19.7 Å². The van der Waals surface area contributed by atoms with Gasteiger partial charge >= 0.3 is 0 Å². The normalized spacial score (nSPS) is 20.7. The Morgan fingerprint density at radius 3 is 2.57 bits per heavy atom. The first-order valence-electron chi connectivity index (χ1n) is 9.85. The van der Waals surface area contributed by atoms with E-state index < -0.39 is 15.3 Å². The molecule has 1 aliphatic carbocycles. The summed E-state index contributed by atoms with van der Waals surface area (Å²) in [6.07, 6.45) is 5.51.